The quantitative estimate of drug-likeness (QED) is 0.494. The van der Waals surface area contributed by atoms with Gasteiger partial charge in [-0.1, -0.05) is 13.8 Å². The maximum Gasteiger partial charge on any atom is 0.227 e. The van der Waals surface area contributed by atoms with E-state index in [0.29, 0.717) is 11.4 Å². The number of phenolic OH excluding ortho intramolecular Hbond substituents is 1. The van der Waals surface area contributed by atoms with Crippen molar-refractivity contribution in [3.63, 3.8) is 0 Å². The van der Waals surface area contributed by atoms with Gasteiger partial charge in [0.15, 0.2) is 0 Å². The van der Waals surface area contributed by atoms with E-state index in [1.54, 1.807) is 26.0 Å². The van der Waals surface area contributed by atoms with Gasteiger partial charge in [0.2, 0.25) is 5.91 Å². The van der Waals surface area contributed by atoms with Gasteiger partial charge in [0, 0.05) is 17.7 Å². The average molecular weight is 194 g/mol. The molecule has 0 saturated carbocycles. The first-order valence-electron chi connectivity index (χ1n) is 4.40. The molecule has 76 valence electrons. The molecule has 14 heavy (non-hydrogen) atoms. The summed E-state index contributed by atoms with van der Waals surface area (Å²) in [6, 6.07) is 4.59. The highest BCUT2D eigenvalue weighted by Crippen LogP contribution is 2.25. The molecule has 0 aliphatic carbocycles. The van der Waals surface area contributed by atoms with Crippen LogP contribution in [-0.4, -0.2) is 11.0 Å². The van der Waals surface area contributed by atoms with Crippen LogP contribution in [0.2, 0.25) is 0 Å². The summed E-state index contributed by atoms with van der Waals surface area (Å²) < 4.78 is 0. The van der Waals surface area contributed by atoms with Crippen molar-refractivity contribution >= 4 is 17.3 Å². The first-order chi connectivity index (χ1) is 6.50. The number of nitrogens with two attached hydrogens (primary N) is 1. The molecule has 0 bridgehead atoms. The van der Waals surface area contributed by atoms with E-state index in [-0.39, 0.29) is 17.6 Å². The van der Waals surface area contributed by atoms with Crippen molar-refractivity contribution in [2.45, 2.75) is 13.8 Å². The molecule has 1 rings (SSSR count). The lowest BCUT2D eigenvalue weighted by Gasteiger charge is -2.09. The van der Waals surface area contributed by atoms with Crippen LogP contribution in [-0.2, 0) is 4.79 Å². The molecule has 1 amide bonds. The predicted octanol–water partition coefficient (Wildman–Crippen LogP) is 1.57. The Hall–Kier alpha value is -1.71. The molecular weight excluding hydrogens is 180 g/mol. The van der Waals surface area contributed by atoms with Crippen LogP contribution in [0.15, 0.2) is 18.2 Å². The maximum atomic E-state index is 11.3. The number of rotatable bonds is 2. The summed E-state index contributed by atoms with van der Waals surface area (Å²) in [4.78, 5) is 11.3. The third-order valence-electron chi connectivity index (χ3n) is 1.80. The van der Waals surface area contributed by atoms with Gasteiger partial charge in [-0.05, 0) is 12.1 Å². The Labute approximate surface area is 82.7 Å². The van der Waals surface area contributed by atoms with Gasteiger partial charge in [0.05, 0.1) is 5.69 Å². The van der Waals surface area contributed by atoms with Crippen molar-refractivity contribution in [3.05, 3.63) is 18.2 Å². The van der Waals surface area contributed by atoms with Crippen LogP contribution in [0.3, 0.4) is 0 Å². The molecule has 4 heteroatoms. The highest BCUT2D eigenvalue weighted by Gasteiger charge is 2.09. The molecule has 0 saturated heterocycles. The van der Waals surface area contributed by atoms with Gasteiger partial charge in [-0.15, -0.1) is 0 Å². The lowest BCUT2D eigenvalue weighted by Crippen LogP contribution is -2.17. The van der Waals surface area contributed by atoms with Gasteiger partial charge in [0.1, 0.15) is 5.75 Å². The van der Waals surface area contributed by atoms with E-state index in [1.165, 1.54) is 6.07 Å². The molecular formula is C10H14N2O2. The van der Waals surface area contributed by atoms with Crippen molar-refractivity contribution in [3.8, 4) is 5.75 Å². The number of nitrogens with one attached hydrogen (secondary N) is 1. The van der Waals surface area contributed by atoms with E-state index >= 15 is 0 Å². The number of anilines is 2. The molecule has 0 spiro atoms. The predicted molar refractivity (Wildman–Crippen MR) is 56.0 cm³/mol. The van der Waals surface area contributed by atoms with Crippen molar-refractivity contribution in [1.82, 2.24) is 0 Å². The van der Waals surface area contributed by atoms with Crippen molar-refractivity contribution in [2.75, 3.05) is 11.1 Å². The van der Waals surface area contributed by atoms with Crippen molar-refractivity contribution in [1.29, 1.82) is 0 Å². The molecule has 0 radical (unpaired) electrons. The molecule has 0 unspecified atom stereocenters. The number of nitrogen functional groups attached to an aromatic ring is 1. The normalized spacial score (nSPS) is 10.2. The maximum absolute atomic E-state index is 11.3. The second kappa shape index (κ2) is 4.00. The van der Waals surface area contributed by atoms with Crippen LogP contribution in [0.1, 0.15) is 13.8 Å². The number of benzene rings is 1. The second-order valence-corrected chi connectivity index (χ2v) is 3.42. The molecule has 0 aromatic heterocycles. The minimum atomic E-state index is -0.134. The Morgan fingerprint density at radius 3 is 2.64 bits per heavy atom. The van der Waals surface area contributed by atoms with E-state index in [0.717, 1.165) is 0 Å². The standard InChI is InChI=1S/C10H14N2O2/c1-6(2)10(14)12-8-4-3-7(11)5-9(8)13/h3-6,13H,11H2,1-2H3,(H,12,14). The highest BCUT2D eigenvalue weighted by molar-refractivity contribution is 5.93. The van der Waals surface area contributed by atoms with Crippen molar-refractivity contribution in [2.24, 2.45) is 5.92 Å². The Morgan fingerprint density at radius 1 is 1.50 bits per heavy atom. The smallest absolute Gasteiger partial charge is 0.227 e. The van der Waals surface area contributed by atoms with Gasteiger partial charge >= 0.3 is 0 Å². The summed E-state index contributed by atoms with van der Waals surface area (Å²) >= 11 is 0. The summed E-state index contributed by atoms with van der Waals surface area (Å²) in [6.07, 6.45) is 0. The fraction of sp³-hybridized carbons (Fsp3) is 0.300. The topological polar surface area (TPSA) is 75.4 Å². The van der Waals surface area contributed by atoms with E-state index < -0.39 is 0 Å². The van der Waals surface area contributed by atoms with Crippen LogP contribution < -0.4 is 11.1 Å². The Balaban J connectivity index is 2.82. The number of aromatic hydroxyl groups is 1. The zero-order valence-corrected chi connectivity index (χ0v) is 8.24. The molecule has 4 N–H and O–H groups in total. The fourth-order valence-corrected chi connectivity index (χ4v) is 0.931. The lowest BCUT2D eigenvalue weighted by molar-refractivity contribution is -0.118. The number of carbonyl (C=O) groups is 1. The fourth-order valence-electron chi connectivity index (χ4n) is 0.931. The summed E-state index contributed by atoms with van der Waals surface area (Å²) in [5.74, 6) is -0.268. The first-order valence-corrected chi connectivity index (χ1v) is 4.40. The van der Waals surface area contributed by atoms with Gasteiger partial charge in [0.25, 0.3) is 0 Å². The highest BCUT2D eigenvalue weighted by atomic mass is 16.3. The molecule has 0 atom stereocenters. The lowest BCUT2D eigenvalue weighted by atomic mass is 10.2. The molecule has 0 heterocycles. The summed E-state index contributed by atoms with van der Waals surface area (Å²) in [5.41, 5.74) is 6.30. The zero-order chi connectivity index (χ0) is 10.7. The van der Waals surface area contributed by atoms with Gasteiger partial charge in [-0.25, -0.2) is 0 Å². The van der Waals surface area contributed by atoms with Crippen molar-refractivity contribution < 1.29 is 9.90 Å². The molecule has 0 aliphatic rings. The summed E-state index contributed by atoms with van der Waals surface area (Å²) in [6.45, 7) is 3.56. The average Bonchev–Trinajstić information content (AvgIpc) is 2.09. The SMILES string of the molecule is CC(C)C(=O)Nc1ccc(N)cc1O. The number of amides is 1. The molecule has 0 fully saturated rings. The van der Waals surface area contributed by atoms with E-state index in [2.05, 4.69) is 5.32 Å². The van der Waals surface area contributed by atoms with Crippen LogP contribution in [0.4, 0.5) is 11.4 Å². The Morgan fingerprint density at radius 2 is 2.14 bits per heavy atom. The summed E-state index contributed by atoms with van der Waals surface area (Å²) in [5, 5.41) is 12.0. The van der Waals surface area contributed by atoms with Crippen LogP contribution in [0, 0.1) is 5.92 Å². The van der Waals surface area contributed by atoms with Gasteiger partial charge in [-0.3, -0.25) is 4.79 Å². The largest absolute Gasteiger partial charge is 0.506 e. The van der Waals surface area contributed by atoms with Gasteiger partial charge in [-0.2, -0.15) is 0 Å². The van der Waals surface area contributed by atoms with E-state index in [4.69, 9.17) is 5.73 Å². The second-order valence-electron chi connectivity index (χ2n) is 3.42. The van der Waals surface area contributed by atoms with Gasteiger partial charge < -0.3 is 16.2 Å². The molecule has 0 aliphatic heterocycles. The zero-order valence-electron chi connectivity index (χ0n) is 8.24. The third-order valence-corrected chi connectivity index (χ3v) is 1.80. The van der Waals surface area contributed by atoms with Crippen LogP contribution >= 0.6 is 0 Å². The third kappa shape index (κ3) is 2.39. The molecule has 1 aromatic carbocycles. The minimum Gasteiger partial charge on any atom is -0.506 e. The number of hydrogen-bond acceptors (Lipinski definition) is 3. The van der Waals surface area contributed by atoms with E-state index in [9.17, 15) is 9.90 Å². The number of phenols is 1. The van der Waals surface area contributed by atoms with E-state index in [1.807, 2.05) is 0 Å². The Kier molecular flexibility index (Phi) is 2.96. The summed E-state index contributed by atoms with van der Waals surface area (Å²) in [7, 11) is 0. The van der Waals surface area contributed by atoms with Crippen LogP contribution in [0.5, 0.6) is 5.75 Å². The number of carbonyl (C=O) groups excluding carboxylic acids is 1. The molecule has 4 nitrogen and oxygen atoms in total. The number of hydrogen-bond donors (Lipinski definition) is 3. The monoisotopic (exact) mass is 194 g/mol. The van der Waals surface area contributed by atoms with Crippen LogP contribution in [0.25, 0.3) is 0 Å². The molecule has 1 aromatic rings. The minimum absolute atomic E-state index is 0.0148. The Bertz CT molecular complexity index is 348. The first kappa shape index (κ1) is 10.4.